The van der Waals surface area contributed by atoms with Crippen molar-refractivity contribution in [3.05, 3.63) is 11.6 Å². The fourth-order valence-electron chi connectivity index (χ4n) is 13.3. The zero-order chi connectivity index (χ0) is 38.7. The van der Waals surface area contributed by atoms with Crippen molar-refractivity contribution < 1.29 is 59.5 Å². The molecule has 7 aliphatic rings. The van der Waals surface area contributed by atoms with Gasteiger partial charge in [0.05, 0.1) is 30.8 Å². The van der Waals surface area contributed by atoms with Crippen LogP contribution in [-0.2, 0) is 23.7 Å². The summed E-state index contributed by atoms with van der Waals surface area (Å²) in [4.78, 5) is 13.0. The molecule has 2 heterocycles. The van der Waals surface area contributed by atoms with Gasteiger partial charge in [-0.2, -0.15) is 0 Å². The Bertz CT molecular complexity index is 1440. The predicted octanol–water partition coefficient (Wildman–Crippen LogP) is 3.52. The van der Waals surface area contributed by atoms with Crippen LogP contribution in [0.3, 0.4) is 0 Å². The average Bonchev–Trinajstić information content (AvgIpc) is 3.10. The van der Waals surface area contributed by atoms with Crippen molar-refractivity contribution in [3.63, 3.8) is 0 Å². The van der Waals surface area contributed by atoms with E-state index in [1.807, 2.05) is 0 Å². The summed E-state index contributed by atoms with van der Waals surface area (Å²) in [5, 5.41) is 74.9. The van der Waals surface area contributed by atoms with Crippen LogP contribution in [0, 0.1) is 50.2 Å². The van der Waals surface area contributed by atoms with E-state index in [0.29, 0.717) is 18.8 Å². The number of aliphatic hydroxyl groups excluding tert-OH is 6. The summed E-state index contributed by atoms with van der Waals surface area (Å²) in [5.41, 5.74) is -0.239. The highest BCUT2D eigenvalue weighted by molar-refractivity contribution is 5.76. The predicted molar refractivity (Wildman–Crippen MR) is 192 cm³/mol. The molecule has 7 rings (SSSR count). The largest absolute Gasteiger partial charge is 0.481 e. The summed E-state index contributed by atoms with van der Waals surface area (Å²) in [6, 6.07) is 0. The van der Waals surface area contributed by atoms with Gasteiger partial charge in [-0.05, 0) is 111 Å². The maximum Gasteiger partial charge on any atom is 0.310 e. The lowest BCUT2D eigenvalue weighted by Crippen LogP contribution is -2.67. The van der Waals surface area contributed by atoms with Crippen molar-refractivity contribution in [2.24, 2.45) is 50.2 Å². The van der Waals surface area contributed by atoms with Gasteiger partial charge in [-0.25, -0.2) is 0 Å². The average molecular weight is 751 g/mol. The third kappa shape index (κ3) is 5.85. The van der Waals surface area contributed by atoms with Crippen molar-refractivity contribution in [2.45, 2.75) is 174 Å². The van der Waals surface area contributed by atoms with Crippen LogP contribution in [0.5, 0.6) is 0 Å². The van der Waals surface area contributed by atoms with Crippen LogP contribution in [0.4, 0.5) is 0 Å². The molecule has 53 heavy (non-hydrogen) atoms. The van der Waals surface area contributed by atoms with Gasteiger partial charge in [0.1, 0.15) is 36.6 Å². The van der Waals surface area contributed by atoms with Gasteiger partial charge in [0.25, 0.3) is 0 Å². The first-order valence-corrected chi connectivity index (χ1v) is 20.2. The molecule has 2 saturated heterocycles. The minimum absolute atomic E-state index is 0.0360. The minimum atomic E-state index is -1.62. The summed E-state index contributed by atoms with van der Waals surface area (Å²) < 4.78 is 24.3. The number of ether oxygens (including phenoxy) is 4. The molecule has 7 N–H and O–H groups in total. The van der Waals surface area contributed by atoms with Gasteiger partial charge in [-0.3, -0.25) is 4.79 Å². The smallest absolute Gasteiger partial charge is 0.310 e. The fourth-order valence-corrected chi connectivity index (χ4v) is 13.3. The van der Waals surface area contributed by atoms with Gasteiger partial charge in [-0.15, -0.1) is 0 Å². The Balaban J connectivity index is 1.15. The molecule has 4 saturated carbocycles. The Morgan fingerprint density at radius 3 is 2.21 bits per heavy atom. The Hall–Kier alpha value is -1.19. The molecule has 0 amide bonds. The van der Waals surface area contributed by atoms with Gasteiger partial charge in [0, 0.05) is 5.41 Å². The summed E-state index contributed by atoms with van der Waals surface area (Å²) in [6.07, 6.45) is -1.79. The molecular weight excluding hydrogens is 684 g/mol. The van der Waals surface area contributed by atoms with Gasteiger partial charge < -0.3 is 54.7 Å². The molecule has 0 aromatic heterocycles. The molecule has 0 aromatic rings. The number of allylic oxidation sites excluding steroid dienone is 2. The molecule has 7 unspecified atom stereocenters. The first-order valence-electron chi connectivity index (χ1n) is 20.2. The number of carboxylic acid groups (broad SMARTS) is 1. The van der Waals surface area contributed by atoms with Crippen LogP contribution in [0.2, 0.25) is 0 Å². The minimum Gasteiger partial charge on any atom is -0.481 e. The van der Waals surface area contributed by atoms with E-state index in [-0.39, 0.29) is 46.7 Å². The highest BCUT2D eigenvalue weighted by Crippen LogP contribution is 2.76. The molecule has 0 bridgehead atoms. The van der Waals surface area contributed by atoms with Gasteiger partial charge in [-0.1, -0.05) is 53.2 Å². The van der Waals surface area contributed by atoms with Crippen LogP contribution >= 0.6 is 0 Å². The summed E-state index contributed by atoms with van der Waals surface area (Å²) in [7, 11) is 0. The second kappa shape index (κ2) is 13.5. The Morgan fingerprint density at radius 1 is 0.830 bits per heavy atom. The number of carboxylic acids is 1. The molecule has 6 fully saturated rings. The first kappa shape index (κ1) is 40.0. The summed E-state index contributed by atoms with van der Waals surface area (Å²) >= 11 is 0. The van der Waals surface area contributed by atoms with Crippen LogP contribution in [0.1, 0.15) is 113 Å². The summed E-state index contributed by atoms with van der Waals surface area (Å²) in [6.45, 7) is 15.1. The molecule has 12 nitrogen and oxygen atoms in total. The highest BCUT2D eigenvalue weighted by Gasteiger charge is 2.70. The zero-order valence-corrected chi connectivity index (χ0v) is 32.7. The Morgan fingerprint density at radius 2 is 1.53 bits per heavy atom. The number of carbonyl (C=O) groups is 1. The van der Waals surface area contributed by atoms with Crippen molar-refractivity contribution in [2.75, 3.05) is 13.2 Å². The number of hydrogen-bond acceptors (Lipinski definition) is 11. The van der Waals surface area contributed by atoms with Crippen LogP contribution < -0.4 is 0 Å². The normalized spacial score (nSPS) is 55.1. The van der Waals surface area contributed by atoms with E-state index < -0.39 is 78.2 Å². The van der Waals surface area contributed by atoms with E-state index >= 15 is 0 Å². The molecule has 302 valence electrons. The third-order valence-corrected chi connectivity index (χ3v) is 17.0. The molecule has 18 atom stereocenters. The molecule has 0 spiro atoms. The molecule has 0 radical (unpaired) electrons. The maximum absolute atomic E-state index is 13.0. The molecule has 5 aliphatic carbocycles. The highest BCUT2D eigenvalue weighted by atomic mass is 16.8. The van der Waals surface area contributed by atoms with E-state index in [1.54, 1.807) is 0 Å². The lowest BCUT2D eigenvalue weighted by molar-refractivity contribution is -0.365. The van der Waals surface area contributed by atoms with E-state index in [1.165, 1.54) is 12.5 Å². The van der Waals surface area contributed by atoms with Crippen molar-refractivity contribution in [1.82, 2.24) is 0 Å². The van der Waals surface area contributed by atoms with E-state index in [0.717, 1.165) is 51.4 Å². The topological polar surface area (TPSA) is 196 Å². The Kier molecular flexibility index (Phi) is 10.2. The molecular formula is C41H66O12. The lowest BCUT2D eigenvalue weighted by Gasteiger charge is -2.71. The van der Waals surface area contributed by atoms with Gasteiger partial charge in [0.15, 0.2) is 12.6 Å². The van der Waals surface area contributed by atoms with Gasteiger partial charge in [0.2, 0.25) is 0 Å². The molecule has 0 aromatic carbocycles. The number of fused-ring (bicyclic) bond motifs is 7. The van der Waals surface area contributed by atoms with Gasteiger partial charge >= 0.3 is 5.97 Å². The maximum atomic E-state index is 13.0. The molecule has 12 heteroatoms. The van der Waals surface area contributed by atoms with Crippen LogP contribution in [-0.4, -0.2) is 116 Å². The van der Waals surface area contributed by atoms with Crippen molar-refractivity contribution >= 4 is 5.97 Å². The third-order valence-electron chi connectivity index (χ3n) is 17.0. The zero-order valence-electron chi connectivity index (χ0n) is 32.7. The Labute approximate surface area is 314 Å². The lowest BCUT2D eigenvalue weighted by atomic mass is 9.33. The number of hydrogen-bond donors (Lipinski definition) is 7. The van der Waals surface area contributed by atoms with Crippen LogP contribution in [0.25, 0.3) is 0 Å². The van der Waals surface area contributed by atoms with Crippen LogP contribution in [0.15, 0.2) is 11.6 Å². The second-order valence-corrected chi connectivity index (χ2v) is 20.0. The van der Waals surface area contributed by atoms with E-state index in [2.05, 4.69) is 47.6 Å². The summed E-state index contributed by atoms with van der Waals surface area (Å²) in [5.74, 6) is -0.194. The van der Waals surface area contributed by atoms with E-state index in [4.69, 9.17) is 18.9 Å². The number of aliphatic carboxylic acids is 1. The standard InChI is InChI=1S/C41H66O12/c1-21-28(44)30(46)31(47)33(51-21)53-32-29(45)24(43)19-50-34(32)52-27-11-12-37(4)25(38(27,5)20-42)10-13-40(7)26(37)9-8-22-23-18-36(2,3)14-16-41(23,35(48)49)17-15-39(22,40)6/h8,21,23-34,42-47H,9-20H2,1-7H3,(H,48,49)/t21?,23-,24?,25+,26+,27-,28?,29?,30?,31?,32?,33-,34-,37-,38-,39+,40+,41-/m0/s1. The number of aliphatic hydroxyl groups is 6. The monoisotopic (exact) mass is 750 g/mol. The SMILES string of the molecule is CC1O[C@@H](OC2C(O)C(O)CO[C@H]2O[C@H]2CC[C@@]3(C)[C@@H](CC[C@]4(C)[C@@H]3CC=C3[C@@H]5CC(C)(C)CC[C@]5(C(=O)O)CC[C@]34C)[C@]2(C)CO)C(O)C(O)C1O. The number of rotatable bonds is 6. The van der Waals surface area contributed by atoms with E-state index in [9.17, 15) is 40.5 Å². The second-order valence-electron chi connectivity index (χ2n) is 20.0. The molecule has 2 aliphatic heterocycles. The fraction of sp³-hybridized carbons (Fsp3) is 0.927. The van der Waals surface area contributed by atoms with Crippen molar-refractivity contribution in [1.29, 1.82) is 0 Å². The quantitative estimate of drug-likeness (QED) is 0.155. The first-order chi connectivity index (χ1) is 24.7. The van der Waals surface area contributed by atoms with Crippen molar-refractivity contribution in [3.8, 4) is 0 Å².